The molecule has 19 heavy (non-hydrogen) atoms. The molecule has 0 amide bonds. The first kappa shape index (κ1) is 13.3. The van der Waals surface area contributed by atoms with Gasteiger partial charge in [-0.25, -0.2) is 0 Å². The maximum absolute atomic E-state index is 12.3. The molecule has 0 aromatic heterocycles. The number of carbonyl (C=O) groups excluding carboxylic acids is 1. The number of carbonyl (C=O) groups is 1. The van der Waals surface area contributed by atoms with Crippen molar-refractivity contribution in [2.75, 3.05) is 6.61 Å². The summed E-state index contributed by atoms with van der Waals surface area (Å²) in [5.74, 6) is 0.585. The molecule has 98 valence electrons. The van der Waals surface area contributed by atoms with Gasteiger partial charge in [-0.2, -0.15) is 0 Å². The predicted molar refractivity (Wildman–Crippen MR) is 75.3 cm³/mol. The van der Waals surface area contributed by atoms with E-state index in [-0.39, 0.29) is 5.78 Å². The quantitative estimate of drug-likeness (QED) is 0.836. The highest BCUT2D eigenvalue weighted by Gasteiger charge is 2.17. The number of hydrogen-bond acceptors (Lipinski definition) is 3. The van der Waals surface area contributed by atoms with Crippen molar-refractivity contribution in [3.05, 3.63) is 65.7 Å². The molecule has 0 bridgehead atoms. The first-order valence-electron chi connectivity index (χ1n) is 6.30. The van der Waals surface area contributed by atoms with Gasteiger partial charge in [-0.3, -0.25) is 4.79 Å². The molecule has 0 radical (unpaired) electrons. The van der Waals surface area contributed by atoms with Crippen LogP contribution in [0.5, 0.6) is 5.75 Å². The van der Waals surface area contributed by atoms with Crippen LogP contribution in [0.1, 0.15) is 28.9 Å². The lowest BCUT2D eigenvalue weighted by atomic mass is 9.98. The molecule has 0 heterocycles. The molecule has 0 saturated heterocycles. The van der Waals surface area contributed by atoms with E-state index in [2.05, 4.69) is 0 Å². The highest BCUT2D eigenvalue weighted by molar-refractivity contribution is 6.00. The van der Waals surface area contributed by atoms with Crippen LogP contribution in [0.3, 0.4) is 0 Å². The summed E-state index contributed by atoms with van der Waals surface area (Å²) < 4.78 is 5.39. The van der Waals surface area contributed by atoms with E-state index in [4.69, 9.17) is 10.5 Å². The van der Waals surface area contributed by atoms with Crippen molar-refractivity contribution >= 4 is 5.78 Å². The SMILES string of the molecule is CCOc1cccc(C(=O)[C@H](N)c2ccccc2)c1. The van der Waals surface area contributed by atoms with E-state index in [1.807, 2.05) is 43.3 Å². The predicted octanol–water partition coefficient (Wildman–Crippen LogP) is 2.97. The average Bonchev–Trinajstić information content (AvgIpc) is 2.47. The summed E-state index contributed by atoms with van der Waals surface area (Å²) in [5.41, 5.74) is 7.39. The van der Waals surface area contributed by atoms with Gasteiger partial charge in [0.1, 0.15) is 5.75 Å². The maximum Gasteiger partial charge on any atom is 0.184 e. The summed E-state index contributed by atoms with van der Waals surface area (Å²) in [6, 6.07) is 15.8. The highest BCUT2D eigenvalue weighted by atomic mass is 16.5. The van der Waals surface area contributed by atoms with Gasteiger partial charge >= 0.3 is 0 Å². The van der Waals surface area contributed by atoms with E-state index in [1.54, 1.807) is 18.2 Å². The molecule has 2 aromatic rings. The molecule has 2 rings (SSSR count). The van der Waals surface area contributed by atoms with E-state index < -0.39 is 6.04 Å². The molecule has 3 nitrogen and oxygen atoms in total. The fourth-order valence-electron chi connectivity index (χ4n) is 1.90. The Balaban J connectivity index is 2.22. The van der Waals surface area contributed by atoms with Gasteiger partial charge in [0.2, 0.25) is 0 Å². The van der Waals surface area contributed by atoms with E-state index >= 15 is 0 Å². The first-order valence-corrected chi connectivity index (χ1v) is 6.30. The lowest BCUT2D eigenvalue weighted by molar-refractivity contribution is 0.0961. The summed E-state index contributed by atoms with van der Waals surface area (Å²) >= 11 is 0. The normalized spacial score (nSPS) is 11.9. The molecular formula is C16H17NO2. The molecule has 1 atom stereocenters. The maximum atomic E-state index is 12.3. The molecule has 0 unspecified atom stereocenters. The van der Waals surface area contributed by atoms with Crippen LogP contribution in [0, 0.1) is 0 Å². The largest absolute Gasteiger partial charge is 0.494 e. The van der Waals surface area contributed by atoms with Crippen LogP contribution < -0.4 is 10.5 Å². The minimum Gasteiger partial charge on any atom is -0.494 e. The van der Waals surface area contributed by atoms with Crippen LogP contribution in [0.25, 0.3) is 0 Å². The summed E-state index contributed by atoms with van der Waals surface area (Å²) in [5, 5.41) is 0. The second kappa shape index (κ2) is 6.16. The fraction of sp³-hybridized carbons (Fsp3) is 0.188. The van der Waals surface area contributed by atoms with Crippen molar-refractivity contribution in [2.24, 2.45) is 5.73 Å². The summed E-state index contributed by atoms with van der Waals surface area (Å²) in [6.45, 7) is 2.48. The lowest BCUT2D eigenvalue weighted by Gasteiger charge is -2.12. The van der Waals surface area contributed by atoms with Crippen LogP contribution in [0.4, 0.5) is 0 Å². The third-order valence-electron chi connectivity index (χ3n) is 2.87. The zero-order chi connectivity index (χ0) is 13.7. The average molecular weight is 255 g/mol. The standard InChI is InChI=1S/C16H17NO2/c1-2-19-14-10-6-9-13(11-14)16(18)15(17)12-7-4-3-5-8-12/h3-11,15H,2,17H2,1H3/t15-/m1/s1. The van der Waals surface area contributed by atoms with Gasteiger partial charge in [0.05, 0.1) is 12.6 Å². The van der Waals surface area contributed by atoms with E-state index in [0.29, 0.717) is 17.9 Å². The Morgan fingerprint density at radius 1 is 1.16 bits per heavy atom. The van der Waals surface area contributed by atoms with Crippen LogP contribution in [0.2, 0.25) is 0 Å². The Labute approximate surface area is 113 Å². The van der Waals surface area contributed by atoms with E-state index in [0.717, 1.165) is 5.56 Å². The van der Waals surface area contributed by atoms with Gasteiger partial charge in [0.15, 0.2) is 5.78 Å². The van der Waals surface area contributed by atoms with Gasteiger partial charge in [-0.15, -0.1) is 0 Å². The second-order valence-electron chi connectivity index (χ2n) is 4.21. The first-order chi connectivity index (χ1) is 9.22. The summed E-state index contributed by atoms with van der Waals surface area (Å²) in [4.78, 5) is 12.3. The minimum absolute atomic E-state index is 0.104. The zero-order valence-corrected chi connectivity index (χ0v) is 10.9. The topological polar surface area (TPSA) is 52.3 Å². The highest BCUT2D eigenvalue weighted by Crippen LogP contribution is 2.19. The Morgan fingerprint density at radius 3 is 2.58 bits per heavy atom. The molecule has 2 aromatic carbocycles. The van der Waals surface area contributed by atoms with Gasteiger partial charge < -0.3 is 10.5 Å². The Kier molecular flexibility index (Phi) is 4.31. The number of Topliss-reactive ketones (excluding diaryl/α,β-unsaturated/α-hetero) is 1. The Morgan fingerprint density at radius 2 is 1.89 bits per heavy atom. The molecule has 0 aliphatic rings. The molecule has 0 spiro atoms. The van der Waals surface area contributed by atoms with Crippen molar-refractivity contribution in [3.63, 3.8) is 0 Å². The van der Waals surface area contributed by atoms with Gasteiger partial charge in [-0.1, -0.05) is 42.5 Å². The van der Waals surface area contributed by atoms with Crippen LogP contribution in [-0.2, 0) is 0 Å². The van der Waals surface area contributed by atoms with Crippen molar-refractivity contribution in [3.8, 4) is 5.75 Å². The van der Waals surface area contributed by atoms with Crippen LogP contribution >= 0.6 is 0 Å². The minimum atomic E-state index is -0.641. The zero-order valence-electron chi connectivity index (χ0n) is 10.9. The van der Waals surface area contributed by atoms with E-state index in [9.17, 15) is 4.79 Å². The number of ketones is 1. The van der Waals surface area contributed by atoms with Crippen LogP contribution in [0.15, 0.2) is 54.6 Å². The third kappa shape index (κ3) is 3.20. The number of rotatable bonds is 5. The molecule has 0 fully saturated rings. The van der Waals surface area contributed by atoms with Crippen molar-refractivity contribution in [2.45, 2.75) is 13.0 Å². The molecular weight excluding hydrogens is 238 g/mol. The van der Waals surface area contributed by atoms with Crippen molar-refractivity contribution < 1.29 is 9.53 Å². The third-order valence-corrected chi connectivity index (χ3v) is 2.87. The number of hydrogen-bond donors (Lipinski definition) is 1. The van der Waals surface area contributed by atoms with Crippen LogP contribution in [-0.4, -0.2) is 12.4 Å². The summed E-state index contributed by atoms with van der Waals surface area (Å²) in [6.07, 6.45) is 0. The number of benzene rings is 2. The molecule has 0 aliphatic carbocycles. The van der Waals surface area contributed by atoms with Gasteiger partial charge in [0, 0.05) is 5.56 Å². The monoisotopic (exact) mass is 255 g/mol. The number of nitrogens with two attached hydrogens (primary N) is 1. The van der Waals surface area contributed by atoms with Crippen molar-refractivity contribution in [1.29, 1.82) is 0 Å². The number of ether oxygens (including phenoxy) is 1. The van der Waals surface area contributed by atoms with Crippen molar-refractivity contribution in [1.82, 2.24) is 0 Å². The fourth-order valence-corrected chi connectivity index (χ4v) is 1.90. The molecule has 3 heteroatoms. The Hall–Kier alpha value is -2.13. The molecule has 2 N–H and O–H groups in total. The lowest BCUT2D eigenvalue weighted by Crippen LogP contribution is -2.21. The van der Waals surface area contributed by atoms with E-state index in [1.165, 1.54) is 0 Å². The summed E-state index contributed by atoms with van der Waals surface area (Å²) in [7, 11) is 0. The second-order valence-corrected chi connectivity index (χ2v) is 4.21. The molecule has 0 saturated carbocycles. The molecule has 0 aliphatic heterocycles. The smallest absolute Gasteiger partial charge is 0.184 e. The Bertz CT molecular complexity index is 552. The van der Waals surface area contributed by atoms with Gasteiger partial charge in [0.25, 0.3) is 0 Å². The van der Waals surface area contributed by atoms with Gasteiger partial charge in [-0.05, 0) is 24.6 Å².